The van der Waals surface area contributed by atoms with E-state index in [1.54, 1.807) is 12.1 Å². The molecular formula is C16H18ClFN2O3S. The lowest BCUT2D eigenvalue weighted by atomic mass is 10.2. The van der Waals surface area contributed by atoms with Crippen LogP contribution in [-0.2, 0) is 16.6 Å². The fraction of sp³-hybridized carbons (Fsp3) is 0.250. The predicted molar refractivity (Wildman–Crippen MR) is 92.6 cm³/mol. The number of halogens is 2. The van der Waals surface area contributed by atoms with Crippen LogP contribution in [0.3, 0.4) is 0 Å². The summed E-state index contributed by atoms with van der Waals surface area (Å²) in [5, 5.41) is 0.440. The van der Waals surface area contributed by atoms with Gasteiger partial charge in [-0.15, -0.1) is 0 Å². The third kappa shape index (κ3) is 4.37. The van der Waals surface area contributed by atoms with Crippen LogP contribution in [0.4, 0.5) is 10.1 Å². The second-order valence-electron chi connectivity index (χ2n) is 5.44. The summed E-state index contributed by atoms with van der Waals surface area (Å²) in [5.74, 6) is -0.616. The van der Waals surface area contributed by atoms with Gasteiger partial charge in [-0.2, -0.15) is 0 Å². The Labute approximate surface area is 146 Å². The Balaban J connectivity index is 2.33. The molecule has 5 nitrogen and oxygen atoms in total. The van der Waals surface area contributed by atoms with E-state index < -0.39 is 15.8 Å². The number of nitrogens with zero attached hydrogens (tertiary/aromatic N) is 1. The van der Waals surface area contributed by atoms with Gasteiger partial charge in [0.2, 0.25) is 0 Å². The van der Waals surface area contributed by atoms with E-state index in [-0.39, 0.29) is 16.3 Å². The second-order valence-corrected chi connectivity index (χ2v) is 7.50. The van der Waals surface area contributed by atoms with Crippen LogP contribution in [-0.4, -0.2) is 34.5 Å². The van der Waals surface area contributed by atoms with Crippen molar-refractivity contribution in [2.75, 3.05) is 25.9 Å². The lowest BCUT2D eigenvalue weighted by molar-refractivity contribution is 0.401. The van der Waals surface area contributed by atoms with Crippen LogP contribution in [0, 0.1) is 5.82 Å². The maximum absolute atomic E-state index is 13.4. The number of sulfonamides is 1. The number of anilines is 1. The average Bonchev–Trinajstić information content (AvgIpc) is 2.49. The first-order valence-corrected chi connectivity index (χ1v) is 8.88. The van der Waals surface area contributed by atoms with Gasteiger partial charge in [0.25, 0.3) is 10.0 Å². The molecule has 2 rings (SSSR count). The van der Waals surface area contributed by atoms with Gasteiger partial charge < -0.3 is 9.64 Å². The van der Waals surface area contributed by atoms with Crippen molar-refractivity contribution in [2.24, 2.45) is 0 Å². The minimum atomic E-state index is -4.02. The Kier molecular flexibility index (Phi) is 5.69. The maximum atomic E-state index is 13.4. The number of ether oxygens (including phenoxy) is 1. The van der Waals surface area contributed by atoms with E-state index in [9.17, 15) is 12.8 Å². The highest BCUT2D eigenvalue weighted by atomic mass is 35.5. The molecule has 1 N–H and O–H groups in total. The number of rotatable bonds is 6. The highest BCUT2D eigenvalue weighted by Crippen LogP contribution is 2.28. The van der Waals surface area contributed by atoms with Crippen LogP contribution in [0.15, 0.2) is 41.3 Å². The van der Waals surface area contributed by atoms with E-state index >= 15 is 0 Å². The molecule has 2 aromatic rings. The summed E-state index contributed by atoms with van der Waals surface area (Å²) in [6.45, 7) is 0.629. The molecular weight excluding hydrogens is 355 g/mol. The molecule has 0 aromatic heterocycles. The molecule has 0 aliphatic carbocycles. The van der Waals surface area contributed by atoms with Crippen molar-refractivity contribution in [3.63, 3.8) is 0 Å². The monoisotopic (exact) mass is 372 g/mol. The molecule has 0 aliphatic heterocycles. The number of hydrogen-bond acceptors (Lipinski definition) is 4. The van der Waals surface area contributed by atoms with Crippen molar-refractivity contribution in [3.05, 3.63) is 52.8 Å². The van der Waals surface area contributed by atoms with Gasteiger partial charge in [-0.25, -0.2) is 12.8 Å². The standard InChI is InChI=1S/C16H18ClFN2O3S/c1-20(2)10-11-4-6-13(9-14(11)17)19-24(21,22)16-8-12(18)5-7-15(16)23-3/h4-9,19H,10H2,1-3H3. The lowest BCUT2D eigenvalue weighted by Crippen LogP contribution is -2.15. The molecule has 0 amide bonds. The molecule has 0 unspecified atom stereocenters. The van der Waals surface area contributed by atoms with Gasteiger partial charge >= 0.3 is 0 Å². The molecule has 0 bridgehead atoms. The smallest absolute Gasteiger partial charge is 0.265 e. The first kappa shape index (κ1) is 18.5. The Bertz CT molecular complexity index is 841. The van der Waals surface area contributed by atoms with E-state index in [2.05, 4.69) is 4.72 Å². The van der Waals surface area contributed by atoms with Crippen molar-refractivity contribution in [1.82, 2.24) is 4.90 Å². The van der Waals surface area contributed by atoms with Crippen molar-refractivity contribution >= 4 is 27.3 Å². The summed E-state index contributed by atoms with van der Waals surface area (Å²) in [4.78, 5) is 1.67. The number of nitrogens with one attached hydrogen (secondary N) is 1. The third-order valence-corrected chi connectivity index (χ3v) is 4.96. The van der Waals surface area contributed by atoms with Gasteiger partial charge in [0, 0.05) is 11.6 Å². The normalized spacial score (nSPS) is 11.6. The van der Waals surface area contributed by atoms with Crippen LogP contribution in [0.2, 0.25) is 5.02 Å². The predicted octanol–water partition coefficient (Wildman–Crippen LogP) is 3.35. The fourth-order valence-corrected chi connectivity index (χ4v) is 3.62. The molecule has 0 atom stereocenters. The van der Waals surface area contributed by atoms with Gasteiger partial charge in [-0.1, -0.05) is 17.7 Å². The fourth-order valence-electron chi connectivity index (χ4n) is 2.15. The van der Waals surface area contributed by atoms with Gasteiger partial charge in [0.1, 0.15) is 16.5 Å². The van der Waals surface area contributed by atoms with E-state index in [4.69, 9.17) is 16.3 Å². The van der Waals surface area contributed by atoms with Crippen molar-refractivity contribution < 1.29 is 17.5 Å². The lowest BCUT2D eigenvalue weighted by Gasteiger charge is -2.14. The summed E-state index contributed by atoms with van der Waals surface area (Å²) in [6.07, 6.45) is 0. The SMILES string of the molecule is COc1ccc(F)cc1S(=O)(=O)Nc1ccc(CN(C)C)c(Cl)c1. The third-order valence-electron chi connectivity index (χ3n) is 3.21. The van der Waals surface area contributed by atoms with E-state index in [1.807, 2.05) is 19.0 Å². The van der Waals surface area contributed by atoms with Gasteiger partial charge in [-0.3, -0.25) is 4.72 Å². The van der Waals surface area contributed by atoms with Crippen LogP contribution in [0.5, 0.6) is 5.75 Å². The zero-order chi connectivity index (χ0) is 17.9. The second kappa shape index (κ2) is 7.38. The molecule has 0 saturated heterocycles. The summed E-state index contributed by atoms with van der Waals surface area (Å²) >= 11 is 6.19. The quantitative estimate of drug-likeness (QED) is 0.844. The number of methoxy groups -OCH3 is 1. The maximum Gasteiger partial charge on any atom is 0.265 e. The summed E-state index contributed by atoms with van der Waals surface area (Å²) in [7, 11) is 1.12. The Hall–Kier alpha value is -1.83. The van der Waals surface area contributed by atoms with Crippen molar-refractivity contribution in [3.8, 4) is 5.75 Å². The van der Waals surface area contributed by atoms with Gasteiger partial charge in [0.15, 0.2) is 0 Å². The van der Waals surface area contributed by atoms with Crippen LogP contribution < -0.4 is 9.46 Å². The first-order valence-electron chi connectivity index (χ1n) is 7.02. The van der Waals surface area contributed by atoms with E-state index in [1.165, 1.54) is 19.2 Å². The molecule has 0 radical (unpaired) electrons. The van der Waals surface area contributed by atoms with Crippen molar-refractivity contribution in [2.45, 2.75) is 11.4 Å². The molecule has 8 heteroatoms. The van der Waals surface area contributed by atoms with Crippen LogP contribution in [0.1, 0.15) is 5.56 Å². The molecule has 130 valence electrons. The van der Waals surface area contributed by atoms with E-state index in [0.29, 0.717) is 11.6 Å². The van der Waals surface area contributed by atoms with Gasteiger partial charge in [0.05, 0.1) is 12.8 Å². The van der Waals surface area contributed by atoms with Crippen molar-refractivity contribution in [1.29, 1.82) is 0 Å². The Morgan fingerprint density at radius 2 is 1.92 bits per heavy atom. The van der Waals surface area contributed by atoms with Crippen LogP contribution >= 0.6 is 11.6 Å². The highest BCUT2D eigenvalue weighted by molar-refractivity contribution is 7.92. The molecule has 0 spiro atoms. The minimum Gasteiger partial charge on any atom is -0.495 e. The molecule has 0 fully saturated rings. The number of benzene rings is 2. The largest absolute Gasteiger partial charge is 0.495 e. The summed E-state index contributed by atoms with van der Waals surface area (Å²) in [6, 6.07) is 8.16. The topological polar surface area (TPSA) is 58.6 Å². The zero-order valence-corrected chi connectivity index (χ0v) is 15.1. The molecule has 2 aromatic carbocycles. The Morgan fingerprint density at radius 3 is 2.50 bits per heavy atom. The zero-order valence-electron chi connectivity index (χ0n) is 13.5. The van der Waals surface area contributed by atoms with E-state index in [0.717, 1.165) is 17.7 Å². The first-order chi connectivity index (χ1) is 11.2. The van der Waals surface area contributed by atoms with Crippen LogP contribution in [0.25, 0.3) is 0 Å². The molecule has 0 aliphatic rings. The summed E-state index contributed by atoms with van der Waals surface area (Å²) in [5.41, 5.74) is 1.15. The molecule has 24 heavy (non-hydrogen) atoms. The molecule has 0 heterocycles. The summed E-state index contributed by atoms with van der Waals surface area (Å²) < 4.78 is 45.8. The number of hydrogen-bond donors (Lipinski definition) is 1. The minimum absolute atomic E-state index is 0.0548. The Morgan fingerprint density at radius 1 is 1.21 bits per heavy atom. The average molecular weight is 373 g/mol. The molecule has 0 saturated carbocycles. The highest BCUT2D eigenvalue weighted by Gasteiger charge is 2.21. The van der Waals surface area contributed by atoms with Gasteiger partial charge in [-0.05, 0) is 50.0 Å².